The molecule has 0 radical (unpaired) electrons. The lowest BCUT2D eigenvalue weighted by Crippen LogP contribution is -2.35. The molecule has 0 spiro atoms. The van der Waals surface area contributed by atoms with Crippen molar-refractivity contribution in [3.8, 4) is 0 Å². The Hall–Kier alpha value is -1.30. The highest BCUT2D eigenvalue weighted by Gasteiger charge is 2.24. The lowest BCUT2D eigenvalue weighted by molar-refractivity contribution is -0.158. The van der Waals surface area contributed by atoms with Crippen molar-refractivity contribution in [2.75, 3.05) is 6.61 Å². The van der Waals surface area contributed by atoms with E-state index in [2.05, 4.69) is 25.5 Å². The van der Waals surface area contributed by atoms with E-state index in [4.69, 9.17) is 15.2 Å². The van der Waals surface area contributed by atoms with Crippen LogP contribution in [0.2, 0.25) is 0 Å². The first kappa shape index (κ1) is 24.0. The van der Waals surface area contributed by atoms with Crippen LogP contribution in [0, 0.1) is 5.92 Å². The Balaban J connectivity index is 0. The number of hydrogen-bond donors (Lipinski definition) is 1. The summed E-state index contributed by atoms with van der Waals surface area (Å²) in [7, 11) is 0. The van der Waals surface area contributed by atoms with E-state index in [1.807, 2.05) is 6.92 Å². The van der Waals surface area contributed by atoms with Crippen LogP contribution in [0.4, 0.5) is 4.79 Å². The quantitative estimate of drug-likeness (QED) is 0.718. The fourth-order valence-corrected chi connectivity index (χ4v) is 1.78. The van der Waals surface area contributed by atoms with Gasteiger partial charge in [0.25, 0.3) is 0 Å². The molecule has 0 saturated carbocycles. The molecule has 0 bridgehead atoms. The number of rotatable bonds is 7. The van der Waals surface area contributed by atoms with Crippen molar-refractivity contribution in [3.63, 3.8) is 0 Å². The zero-order chi connectivity index (χ0) is 18.6. The maximum Gasteiger partial charge on any atom is 0.405 e. The van der Waals surface area contributed by atoms with Crippen molar-refractivity contribution in [3.05, 3.63) is 0 Å². The summed E-state index contributed by atoms with van der Waals surface area (Å²) in [6.45, 7) is 15.9. The smallest absolute Gasteiger partial charge is 0.405 e. The first-order valence-corrected chi connectivity index (χ1v) is 8.24. The summed E-state index contributed by atoms with van der Waals surface area (Å²) in [4.78, 5) is 21.2. The van der Waals surface area contributed by atoms with Crippen molar-refractivity contribution < 1.29 is 23.8 Å². The second-order valence-corrected chi connectivity index (χ2v) is 6.66. The number of ether oxygens (including phenoxy) is 3. The first-order valence-electron chi connectivity index (χ1n) is 8.24. The third-order valence-electron chi connectivity index (χ3n) is 2.65. The number of amides is 1. The van der Waals surface area contributed by atoms with Crippen LogP contribution in [0.15, 0.2) is 0 Å². The highest BCUT2D eigenvalue weighted by atomic mass is 16.6. The van der Waals surface area contributed by atoms with Crippen LogP contribution in [0.1, 0.15) is 68.2 Å². The molecule has 2 unspecified atom stereocenters. The number of esters is 1. The van der Waals surface area contributed by atoms with E-state index in [9.17, 15) is 9.59 Å². The molecular weight excluding hydrogens is 298 g/mol. The molecule has 6 heteroatoms. The summed E-state index contributed by atoms with van der Waals surface area (Å²) in [6, 6.07) is 0. The molecule has 0 aliphatic carbocycles. The minimum Gasteiger partial charge on any atom is -0.460 e. The summed E-state index contributed by atoms with van der Waals surface area (Å²) in [5.74, 6) is 0.199. The molecule has 23 heavy (non-hydrogen) atoms. The summed E-state index contributed by atoms with van der Waals surface area (Å²) >= 11 is 0. The number of carbonyl (C=O) groups excluding carboxylic acids is 2. The molecule has 0 rings (SSSR count). The fourth-order valence-electron chi connectivity index (χ4n) is 1.78. The van der Waals surface area contributed by atoms with E-state index in [0.29, 0.717) is 12.3 Å². The lowest BCUT2D eigenvalue weighted by Gasteiger charge is -2.27. The molecule has 0 aromatic rings. The average Bonchev–Trinajstić information content (AvgIpc) is 2.36. The Labute approximate surface area is 141 Å². The van der Waals surface area contributed by atoms with Crippen LogP contribution < -0.4 is 5.73 Å². The molecule has 2 N–H and O–H groups in total. The molecule has 6 nitrogen and oxygen atoms in total. The molecule has 0 fully saturated rings. The van der Waals surface area contributed by atoms with E-state index < -0.39 is 11.7 Å². The van der Waals surface area contributed by atoms with Gasteiger partial charge >= 0.3 is 12.1 Å². The molecule has 2 atom stereocenters. The highest BCUT2D eigenvalue weighted by Crippen LogP contribution is 2.15. The summed E-state index contributed by atoms with van der Waals surface area (Å²) in [5, 5.41) is 0. The van der Waals surface area contributed by atoms with Crippen LogP contribution in [0.5, 0.6) is 0 Å². The van der Waals surface area contributed by atoms with Gasteiger partial charge in [0.1, 0.15) is 11.7 Å². The van der Waals surface area contributed by atoms with Crippen molar-refractivity contribution in [2.24, 2.45) is 11.7 Å². The van der Waals surface area contributed by atoms with Crippen LogP contribution in [-0.2, 0) is 19.0 Å². The third kappa shape index (κ3) is 15.4. The lowest BCUT2D eigenvalue weighted by atomic mass is 10.0. The third-order valence-corrected chi connectivity index (χ3v) is 2.65. The van der Waals surface area contributed by atoms with Crippen LogP contribution in [0.3, 0.4) is 0 Å². The summed E-state index contributed by atoms with van der Waals surface area (Å²) < 4.78 is 15.5. The predicted molar refractivity (Wildman–Crippen MR) is 91.1 cm³/mol. The Morgan fingerprint density at radius 2 is 1.61 bits per heavy atom. The van der Waals surface area contributed by atoms with E-state index in [1.165, 1.54) is 0 Å². The number of hydrogen-bond acceptors (Lipinski definition) is 5. The zero-order valence-corrected chi connectivity index (χ0v) is 16.0. The zero-order valence-electron chi connectivity index (χ0n) is 16.0. The number of nitrogens with two attached hydrogens (primary N) is 1. The first-order chi connectivity index (χ1) is 10.4. The van der Waals surface area contributed by atoms with E-state index in [1.54, 1.807) is 27.7 Å². The topological polar surface area (TPSA) is 87.8 Å². The molecule has 138 valence electrons. The normalized spacial score (nSPS) is 13.6. The largest absolute Gasteiger partial charge is 0.460 e. The Morgan fingerprint density at radius 3 is 1.87 bits per heavy atom. The molecule has 0 aromatic heterocycles. The van der Waals surface area contributed by atoms with Gasteiger partial charge in [0.05, 0.1) is 6.10 Å². The van der Waals surface area contributed by atoms with Gasteiger partial charge in [0.2, 0.25) is 0 Å². The highest BCUT2D eigenvalue weighted by molar-refractivity contribution is 5.69. The Morgan fingerprint density at radius 1 is 1.09 bits per heavy atom. The molecule has 0 aliphatic heterocycles. The van der Waals surface area contributed by atoms with Gasteiger partial charge in [-0.15, -0.1) is 0 Å². The molecular formula is C17H35NO5. The van der Waals surface area contributed by atoms with Gasteiger partial charge in [-0.3, -0.25) is 4.79 Å². The van der Waals surface area contributed by atoms with Crippen molar-refractivity contribution in [1.82, 2.24) is 0 Å². The van der Waals surface area contributed by atoms with Gasteiger partial charge in [0.15, 0.2) is 0 Å². The minimum absolute atomic E-state index is 0.000417. The van der Waals surface area contributed by atoms with Crippen LogP contribution in [-0.4, -0.2) is 36.5 Å². The Bertz CT molecular complexity index is 336. The van der Waals surface area contributed by atoms with Gasteiger partial charge in [0, 0.05) is 13.0 Å². The summed E-state index contributed by atoms with van der Waals surface area (Å²) in [6.07, 6.45) is 0.516. The SMILES string of the molecule is CC(C)(C)OC(N)=O.CCCOC(C(C)C)C(C)OC(=O)CC. The second kappa shape index (κ2) is 12.2. The standard InChI is InChI=1S/C12H24O3.C5H11NO2/c1-6-8-14-12(9(3)4)10(5)15-11(13)7-2;1-5(2,3)8-4(6)7/h9-10,12H,6-8H2,1-5H3;1-3H3,(H2,6,7). The van der Waals surface area contributed by atoms with E-state index in [-0.39, 0.29) is 18.2 Å². The molecule has 0 aromatic carbocycles. The van der Waals surface area contributed by atoms with Crippen molar-refractivity contribution in [2.45, 2.75) is 86.0 Å². The predicted octanol–water partition coefficient (Wildman–Crippen LogP) is 3.66. The fraction of sp³-hybridized carbons (Fsp3) is 0.882. The molecule has 1 amide bonds. The molecule has 0 saturated heterocycles. The maximum atomic E-state index is 11.1. The monoisotopic (exact) mass is 333 g/mol. The van der Waals surface area contributed by atoms with Gasteiger partial charge in [-0.2, -0.15) is 0 Å². The van der Waals surface area contributed by atoms with Crippen LogP contribution in [0.25, 0.3) is 0 Å². The van der Waals surface area contributed by atoms with Gasteiger partial charge in [-0.05, 0) is 40.0 Å². The average molecular weight is 333 g/mol. The van der Waals surface area contributed by atoms with Gasteiger partial charge < -0.3 is 19.9 Å². The minimum atomic E-state index is -0.725. The Kier molecular flexibility index (Phi) is 12.7. The summed E-state index contributed by atoms with van der Waals surface area (Å²) in [5.41, 5.74) is 4.26. The van der Waals surface area contributed by atoms with E-state index >= 15 is 0 Å². The van der Waals surface area contributed by atoms with Gasteiger partial charge in [-0.1, -0.05) is 27.7 Å². The second-order valence-electron chi connectivity index (χ2n) is 6.66. The van der Waals surface area contributed by atoms with Gasteiger partial charge in [-0.25, -0.2) is 4.79 Å². The van der Waals surface area contributed by atoms with E-state index in [0.717, 1.165) is 13.0 Å². The van der Waals surface area contributed by atoms with Crippen molar-refractivity contribution in [1.29, 1.82) is 0 Å². The molecule has 0 aliphatic rings. The van der Waals surface area contributed by atoms with Crippen molar-refractivity contribution >= 4 is 12.1 Å². The van der Waals surface area contributed by atoms with Crippen LogP contribution >= 0.6 is 0 Å². The maximum absolute atomic E-state index is 11.1. The number of primary amides is 1. The number of carbonyl (C=O) groups is 2. The molecule has 0 heterocycles.